The molecule has 0 heterocycles. The third-order valence-electron chi connectivity index (χ3n) is 5.46. The molecular formula is C28H24F4O2. The van der Waals surface area contributed by atoms with Crippen LogP contribution >= 0.6 is 0 Å². The number of rotatable bonds is 9. The SMILES string of the molecule is C=C(CCc1ccc(-c2ccc(-c3ccc(OC)cc3)c(F)c2F)cc1)/C(F)=C(/F)C(=C)OC. The molecule has 0 atom stereocenters. The Kier molecular flexibility index (Phi) is 7.95. The van der Waals surface area contributed by atoms with Crippen LogP contribution in [0.3, 0.4) is 0 Å². The van der Waals surface area contributed by atoms with Crippen LogP contribution in [0.15, 0.2) is 96.8 Å². The fraction of sp³-hybridized carbons (Fsp3) is 0.143. The maximum absolute atomic E-state index is 14.9. The number of hydrogen-bond donors (Lipinski definition) is 0. The molecule has 0 unspecified atom stereocenters. The first-order chi connectivity index (χ1) is 16.3. The lowest BCUT2D eigenvalue weighted by Gasteiger charge is -2.11. The van der Waals surface area contributed by atoms with Gasteiger partial charge in [0.2, 0.25) is 0 Å². The summed E-state index contributed by atoms with van der Waals surface area (Å²) in [5.41, 5.74) is 2.08. The number of aryl methyl sites for hydroxylation is 1. The average molecular weight is 468 g/mol. The molecule has 0 aliphatic heterocycles. The molecule has 0 N–H and O–H groups in total. The van der Waals surface area contributed by atoms with Gasteiger partial charge in [-0.3, -0.25) is 0 Å². The smallest absolute Gasteiger partial charge is 0.200 e. The summed E-state index contributed by atoms with van der Waals surface area (Å²) in [5, 5.41) is 0. The van der Waals surface area contributed by atoms with E-state index in [1.807, 2.05) is 0 Å². The minimum atomic E-state index is -1.18. The number of hydrogen-bond acceptors (Lipinski definition) is 2. The lowest BCUT2D eigenvalue weighted by atomic mass is 9.97. The molecule has 6 heteroatoms. The van der Waals surface area contributed by atoms with Gasteiger partial charge in [0.25, 0.3) is 0 Å². The molecule has 3 rings (SSSR count). The molecular weight excluding hydrogens is 444 g/mol. The van der Waals surface area contributed by atoms with Gasteiger partial charge in [-0.05, 0) is 47.2 Å². The molecule has 0 bridgehead atoms. The molecule has 0 amide bonds. The summed E-state index contributed by atoms with van der Waals surface area (Å²) in [5.74, 6) is -3.96. The molecule has 0 saturated heterocycles. The molecule has 0 aromatic heterocycles. The van der Waals surface area contributed by atoms with E-state index in [-0.39, 0.29) is 23.1 Å². The second-order valence-electron chi connectivity index (χ2n) is 7.57. The van der Waals surface area contributed by atoms with Crippen molar-refractivity contribution in [3.05, 3.63) is 114 Å². The summed E-state index contributed by atoms with van der Waals surface area (Å²) in [6.45, 7) is 6.85. The highest BCUT2D eigenvalue weighted by atomic mass is 19.2. The lowest BCUT2D eigenvalue weighted by Crippen LogP contribution is -1.95. The van der Waals surface area contributed by atoms with E-state index in [9.17, 15) is 17.6 Å². The van der Waals surface area contributed by atoms with Crippen molar-refractivity contribution >= 4 is 0 Å². The second kappa shape index (κ2) is 10.9. The normalized spacial score (nSPS) is 11.6. The Morgan fingerprint density at radius 1 is 0.735 bits per heavy atom. The number of allylic oxidation sites excluding steroid dienone is 3. The van der Waals surface area contributed by atoms with Crippen molar-refractivity contribution < 1.29 is 27.0 Å². The van der Waals surface area contributed by atoms with E-state index in [1.165, 1.54) is 26.4 Å². The highest BCUT2D eigenvalue weighted by molar-refractivity contribution is 5.72. The van der Waals surface area contributed by atoms with Crippen molar-refractivity contribution in [1.29, 1.82) is 0 Å². The van der Waals surface area contributed by atoms with E-state index in [0.717, 1.165) is 5.56 Å². The van der Waals surface area contributed by atoms with Crippen LogP contribution in [0.5, 0.6) is 5.75 Å². The van der Waals surface area contributed by atoms with Crippen molar-refractivity contribution in [2.45, 2.75) is 12.8 Å². The Morgan fingerprint density at radius 2 is 1.24 bits per heavy atom. The Labute approximate surface area is 196 Å². The zero-order valence-corrected chi connectivity index (χ0v) is 18.9. The van der Waals surface area contributed by atoms with Gasteiger partial charge in [-0.1, -0.05) is 61.7 Å². The molecule has 176 valence electrons. The summed E-state index contributed by atoms with van der Waals surface area (Å²) < 4.78 is 67.3. The second-order valence-corrected chi connectivity index (χ2v) is 7.57. The maximum Gasteiger partial charge on any atom is 0.200 e. The lowest BCUT2D eigenvalue weighted by molar-refractivity contribution is 0.280. The number of ether oxygens (including phenoxy) is 2. The monoisotopic (exact) mass is 468 g/mol. The van der Waals surface area contributed by atoms with E-state index < -0.39 is 29.0 Å². The molecule has 0 saturated carbocycles. The molecule has 2 nitrogen and oxygen atoms in total. The standard InChI is InChI=1S/C28H24F4O2/c1-17(25(29)26(30)18(2)33-3)5-6-19-7-9-20(10-8-19)23-15-16-24(28(32)27(23)31)21-11-13-22(34-4)14-12-21/h7-16H,1-2,5-6H2,3-4H3/b26-25-. The van der Waals surface area contributed by atoms with Gasteiger partial charge in [0.15, 0.2) is 23.3 Å². The van der Waals surface area contributed by atoms with Crippen LogP contribution in [-0.4, -0.2) is 14.2 Å². The maximum atomic E-state index is 14.9. The average Bonchev–Trinajstić information content (AvgIpc) is 2.88. The summed E-state index contributed by atoms with van der Waals surface area (Å²) in [6.07, 6.45) is 0.543. The van der Waals surface area contributed by atoms with Crippen LogP contribution in [-0.2, 0) is 11.2 Å². The van der Waals surface area contributed by atoms with Gasteiger partial charge in [-0.2, -0.15) is 4.39 Å². The van der Waals surface area contributed by atoms with Crippen LogP contribution in [0.1, 0.15) is 12.0 Å². The number of halogens is 4. The molecule has 0 aliphatic rings. The Hall–Kier alpha value is -3.80. The predicted molar refractivity (Wildman–Crippen MR) is 127 cm³/mol. The highest BCUT2D eigenvalue weighted by Gasteiger charge is 2.17. The first kappa shape index (κ1) is 24.8. The molecule has 34 heavy (non-hydrogen) atoms. The third kappa shape index (κ3) is 5.39. The van der Waals surface area contributed by atoms with Gasteiger partial charge in [-0.15, -0.1) is 0 Å². The zero-order valence-electron chi connectivity index (χ0n) is 18.9. The molecule has 0 radical (unpaired) electrons. The summed E-state index contributed by atoms with van der Waals surface area (Å²) in [6, 6.07) is 16.5. The molecule has 0 aliphatic carbocycles. The zero-order chi connectivity index (χ0) is 24.8. The first-order valence-electron chi connectivity index (χ1n) is 10.4. The fourth-order valence-corrected chi connectivity index (χ4v) is 3.39. The van der Waals surface area contributed by atoms with Gasteiger partial charge in [0.1, 0.15) is 11.5 Å². The fourth-order valence-electron chi connectivity index (χ4n) is 3.39. The molecule has 0 fully saturated rings. The molecule has 3 aromatic rings. The highest BCUT2D eigenvalue weighted by Crippen LogP contribution is 2.32. The Balaban J connectivity index is 1.75. The van der Waals surface area contributed by atoms with E-state index in [0.29, 0.717) is 23.3 Å². The first-order valence-corrected chi connectivity index (χ1v) is 10.4. The van der Waals surface area contributed by atoms with Gasteiger partial charge in [0.05, 0.1) is 14.2 Å². The van der Waals surface area contributed by atoms with Crippen molar-refractivity contribution in [3.63, 3.8) is 0 Å². The van der Waals surface area contributed by atoms with E-state index in [2.05, 4.69) is 17.9 Å². The molecule has 0 spiro atoms. The third-order valence-corrected chi connectivity index (χ3v) is 5.46. The van der Waals surface area contributed by atoms with Gasteiger partial charge < -0.3 is 9.47 Å². The summed E-state index contributed by atoms with van der Waals surface area (Å²) in [7, 11) is 2.72. The van der Waals surface area contributed by atoms with Crippen LogP contribution in [0.25, 0.3) is 22.3 Å². The minimum Gasteiger partial charge on any atom is -0.497 e. The van der Waals surface area contributed by atoms with Crippen LogP contribution in [0.4, 0.5) is 17.6 Å². The Morgan fingerprint density at radius 3 is 1.71 bits per heavy atom. The van der Waals surface area contributed by atoms with Crippen LogP contribution in [0, 0.1) is 11.6 Å². The van der Waals surface area contributed by atoms with Crippen LogP contribution in [0.2, 0.25) is 0 Å². The summed E-state index contributed by atoms with van der Waals surface area (Å²) in [4.78, 5) is 0. The largest absolute Gasteiger partial charge is 0.497 e. The van der Waals surface area contributed by atoms with E-state index >= 15 is 0 Å². The molecule has 3 aromatic carbocycles. The van der Waals surface area contributed by atoms with Crippen molar-refractivity contribution in [2.75, 3.05) is 14.2 Å². The van der Waals surface area contributed by atoms with E-state index in [4.69, 9.17) is 4.74 Å². The number of methoxy groups -OCH3 is 2. The van der Waals surface area contributed by atoms with Crippen molar-refractivity contribution in [2.24, 2.45) is 0 Å². The topological polar surface area (TPSA) is 18.5 Å². The van der Waals surface area contributed by atoms with Crippen LogP contribution < -0.4 is 4.74 Å². The van der Waals surface area contributed by atoms with E-state index in [1.54, 1.807) is 48.5 Å². The minimum absolute atomic E-state index is 0.0259. The van der Waals surface area contributed by atoms with Crippen molar-refractivity contribution in [1.82, 2.24) is 0 Å². The summed E-state index contributed by atoms with van der Waals surface area (Å²) >= 11 is 0. The van der Waals surface area contributed by atoms with Gasteiger partial charge >= 0.3 is 0 Å². The predicted octanol–water partition coefficient (Wildman–Crippen LogP) is 8.11. The van der Waals surface area contributed by atoms with Gasteiger partial charge in [0, 0.05) is 11.1 Å². The van der Waals surface area contributed by atoms with Gasteiger partial charge in [-0.25, -0.2) is 13.2 Å². The van der Waals surface area contributed by atoms with Crippen molar-refractivity contribution in [3.8, 4) is 28.0 Å². The quantitative estimate of drug-likeness (QED) is 0.179. The Bertz CT molecular complexity index is 1230. The number of benzene rings is 3.